The molecule has 0 aromatic heterocycles. The van der Waals surface area contributed by atoms with Crippen LogP contribution in [-0.2, 0) is 6.42 Å². The van der Waals surface area contributed by atoms with Gasteiger partial charge in [-0.1, -0.05) is 6.07 Å². The molecule has 0 aliphatic heterocycles. The molecule has 3 nitrogen and oxygen atoms in total. The molecule has 0 spiro atoms. The summed E-state index contributed by atoms with van der Waals surface area (Å²) in [5.41, 5.74) is 3.83. The molecule has 1 aromatic rings. The van der Waals surface area contributed by atoms with Crippen LogP contribution in [0.2, 0.25) is 0 Å². The molecule has 0 bridgehead atoms. The van der Waals surface area contributed by atoms with E-state index in [1.165, 1.54) is 16.7 Å². The van der Waals surface area contributed by atoms with Crippen LogP contribution >= 0.6 is 0 Å². The van der Waals surface area contributed by atoms with Gasteiger partial charge in [-0.05, 0) is 62.4 Å². The normalized spacial score (nSPS) is 15.9. The lowest BCUT2D eigenvalue weighted by Gasteiger charge is -2.13. The lowest BCUT2D eigenvalue weighted by Crippen LogP contribution is -2.25. The number of nitrogens with one attached hydrogen (secondary N) is 1. The highest BCUT2D eigenvalue weighted by atomic mass is 16.5. The van der Waals surface area contributed by atoms with Gasteiger partial charge in [0.25, 0.3) is 0 Å². The second kappa shape index (κ2) is 5.63. The molecule has 0 unspecified atom stereocenters. The SMILES string of the molecule is COc1ccc(CCNCC2(C#N)CC2)c(C)c1C. The molecular formula is C16H22N2O. The van der Waals surface area contributed by atoms with Crippen molar-refractivity contribution >= 4 is 0 Å². The van der Waals surface area contributed by atoms with Crippen molar-refractivity contribution in [2.45, 2.75) is 33.1 Å². The maximum Gasteiger partial charge on any atom is 0.122 e. The predicted molar refractivity (Wildman–Crippen MR) is 76.3 cm³/mol. The fraction of sp³-hybridized carbons (Fsp3) is 0.562. The lowest BCUT2D eigenvalue weighted by molar-refractivity contribution is 0.411. The zero-order valence-electron chi connectivity index (χ0n) is 12.0. The van der Waals surface area contributed by atoms with Gasteiger partial charge in [0.15, 0.2) is 0 Å². The number of rotatable bonds is 6. The third-order valence-electron chi connectivity index (χ3n) is 4.19. The van der Waals surface area contributed by atoms with Crippen LogP contribution in [0.4, 0.5) is 0 Å². The van der Waals surface area contributed by atoms with Gasteiger partial charge in [0.2, 0.25) is 0 Å². The summed E-state index contributed by atoms with van der Waals surface area (Å²) < 4.78 is 5.32. The molecule has 1 aliphatic carbocycles. The van der Waals surface area contributed by atoms with E-state index in [-0.39, 0.29) is 5.41 Å². The highest BCUT2D eigenvalue weighted by molar-refractivity contribution is 5.43. The van der Waals surface area contributed by atoms with Crippen molar-refractivity contribution in [1.29, 1.82) is 5.26 Å². The Bertz CT molecular complexity index is 498. The Morgan fingerprint density at radius 2 is 2.05 bits per heavy atom. The van der Waals surface area contributed by atoms with Gasteiger partial charge in [-0.25, -0.2) is 0 Å². The summed E-state index contributed by atoms with van der Waals surface area (Å²) in [5.74, 6) is 0.954. The van der Waals surface area contributed by atoms with Gasteiger partial charge in [-0.3, -0.25) is 0 Å². The summed E-state index contributed by atoms with van der Waals surface area (Å²) in [6.07, 6.45) is 3.10. The highest BCUT2D eigenvalue weighted by Gasteiger charge is 2.42. The first-order valence-electron chi connectivity index (χ1n) is 6.87. The summed E-state index contributed by atoms with van der Waals surface area (Å²) in [7, 11) is 1.71. The Morgan fingerprint density at radius 3 is 2.63 bits per heavy atom. The number of hydrogen-bond acceptors (Lipinski definition) is 3. The lowest BCUT2D eigenvalue weighted by atomic mass is 10.00. The summed E-state index contributed by atoms with van der Waals surface area (Å²) >= 11 is 0. The van der Waals surface area contributed by atoms with Gasteiger partial charge >= 0.3 is 0 Å². The van der Waals surface area contributed by atoms with E-state index >= 15 is 0 Å². The van der Waals surface area contributed by atoms with Gasteiger partial charge in [0.05, 0.1) is 18.6 Å². The van der Waals surface area contributed by atoms with Gasteiger partial charge in [-0.15, -0.1) is 0 Å². The van der Waals surface area contributed by atoms with E-state index in [2.05, 4.69) is 31.3 Å². The van der Waals surface area contributed by atoms with E-state index in [1.54, 1.807) is 7.11 Å². The van der Waals surface area contributed by atoms with Gasteiger partial charge in [0.1, 0.15) is 5.75 Å². The largest absolute Gasteiger partial charge is 0.496 e. The zero-order valence-corrected chi connectivity index (χ0v) is 12.0. The molecule has 1 N–H and O–H groups in total. The Labute approximate surface area is 115 Å². The Balaban J connectivity index is 1.86. The van der Waals surface area contributed by atoms with Gasteiger partial charge in [-0.2, -0.15) is 5.26 Å². The highest BCUT2D eigenvalue weighted by Crippen LogP contribution is 2.43. The molecule has 19 heavy (non-hydrogen) atoms. The van der Waals surface area contributed by atoms with E-state index < -0.39 is 0 Å². The minimum absolute atomic E-state index is 0.0507. The molecule has 0 heterocycles. The second-order valence-electron chi connectivity index (χ2n) is 5.50. The van der Waals surface area contributed by atoms with Crippen LogP contribution in [0.15, 0.2) is 12.1 Å². The topological polar surface area (TPSA) is 45.0 Å². The molecule has 2 rings (SSSR count). The van der Waals surface area contributed by atoms with Crippen molar-refractivity contribution in [1.82, 2.24) is 5.32 Å². The van der Waals surface area contributed by atoms with Crippen molar-refractivity contribution in [3.63, 3.8) is 0 Å². The molecule has 1 saturated carbocycles. The molecule has 1 aliphatic rings. The third kappa shape index (κ3) is 3.08. The smallest absolute Gasteiger partial charge is 0.122 e. The van der Waals surface area contributed by atoms with Crippen LogP contribution in [-0.4, -0.2) is 20.2 Å². The molecule has 1 aromatic carbocycles. The number of ether oxygens (including phenoxy) is 1. The van der Waals surface area contributed by atoms with Crippen LogP contribution in [0.1, 0.15) is 29.5 Å². The minimum Gasteiger partial charge on any atom is -0.496 e. The van der Waals surface area contributed by atoms with Crippen LogP contribution in [0.5, 0.6) is 5.75 Å². The first kappa shape index (κ1) is 13.9. The fourth-order valence-electron chi connectivity index (χ4n) is 2.37. The molecule has 102 valence electrons. The van der Waals surface area contributed by atoms with Crippen LogP contribution in [0, 0.1) is 30.6 Å². The maximum absolute atomic E-state index is 9.01. The van der Waals surface area contributed by atoms with E-state index in [9.17, 15) is 0 Å². The zero-order chi connectivity index (χ0) is 13.9. The minimum atomic E-state index is -0.0507. The summed E-state index contributed by atoms with van der Waals surface area (Å²) in [5, 5.41) is 12.4. The van der Waals surface area contributed by atoms with Crippen molar-refractivity contribution in [2.75, 3.05) is 20.2 Å². The van der Waals surface area contributed by atoms with Crippen molar-refractivity contribution in [3.05, 3.63) is 28.8 Å². The first-order valence-corrected chi connectivity index (χ1v) is 6.87. The Kier molecular flexibility index (Phi) is 4.11. The predicted octanol–water partition coefficient (Wildman–Crippen LogP) is 2.75. The number of methoxy groups -OCH3 is 1. The maximum atomic E-state index is 9.01. The second-order valence-corrected chi connectivity index (χ2v) is 5.50. The number of benzene rings is 1. The molecule has 1 fully saturated rings. The van der Waals surface area contributed by atoms with Crippen LogP contribution in [0.25, 0.3) is 0 Å². The van der Waals surface area contributed by atoms with E-state index in [4.69, 9.17) is 10.00 Å². The van der Waals surface area contributed by atoms with Gasteiger partial charge in [0, 0.05) is 6.54 Å². The van der Waals surface area contributed by atoms with Gasteiger partial charge < -0.3 is 10.1 Å². The average Bonchev–Trinajstić information content (AvgIpc) is 3.20. The van der Waals surface area contributed by atoms with Crippen molar-refractivity contribution in [3.8, 4) is 11.8 Å². The monoisotopic (exact) mass is 258 g/mol. The molecular weight excluding hydrogens is 236 g/mol. The quantitative estimate of drug-likeness (QED) is 0.798. The average molecular weight is 258 g/mol. The molecule has 0 atom stereocenters. The standard InChI is InChI=1S/C16H22N2O/c1-12-13(2)15(19-3)5-4-14(12)6-9-18-11-16(10-17)7-8-16/h4-5,18H,6-9,11H2,1-3H3. The summed E-state index contributed by atoms with van der Waals surface area (Å²) in [6.45, 7) is 6.00. The molecule has 0 amide bonds. The first-order chi connectivity index (χ1) is 9.12. The summed E-state index contributed by atoms with van der Waals surface area (Å²) in [6, 6.07) is 6.58. The molecule has 0 saturated heterocycles. The number of hydrogen-bond donors (Lipinski definition) is 1. The summed E-state index contributed by atoms with van der Waals surface area (Å²) in [4.78, 5) is 0. The van der Waals surface area contributed by atoms with E-state index in [0.717, 1.165) is 38.1 Å². The number of nitrogens with zero attached hydrogens (tertiary/aromatic N) is 1. The van der Waals surface area contributed by atoms with Crippen molar-refractivity contribution in [2.24, 2.45) is 5.41 Å². The Hall–Kier alpha value is -1.53. The van der Waals surface area contributed by atoms with Crippen LogP contribution < -0.4 is 10.1 Å². The van der Waals surface area contributed by atoms with E-state index in [0.29, 0.717) is 0 Å². The van der Waals surface area contributed by atoms with Crippen LogP contribution in [0.3, 0.4) is 0 Å². The molecule has 3 heteroatoms. The fourth-order valence-corrected chi connectivity index (χ4v) is 2.37. The van der Waals surface area contributed by atoms with E-state index in [1.807, 2.05) is 6.07 Å². The Morgan fingerprint density at radius 1 is 1.32 bits per heavy atom. The molecule has 0 radical (unpaired) electrons. The van der Waals surface area contributed by atoms with Crippen molar-refractivity contribution < 1.29 is 4.74 Å². The third-order valence-corrected chi connectivity index (χ3v) is 4.19. The number of nitriles is 1.